The monoisotopic (exact) mass is 227 g/mol. The summed E-state index contributed by atoms with van der Waals surface area (Å²) in [6.45, 7) is 4.97. The highest BCUT2D eigenvalue weighted by atomic mass is 35.5. The van der Waals surface area contributed by atoms with E-state index in [1.807, 2.05) is 10.9 Å². The molecule has 0 aliphatic heterocycles. The average molecular weight is 228 g/mol. The van der Waals surface area contributed by atoms with Gasteiger partial charge in [-0.05, 0) is 25.2 Å². The second-order valence-corrected chi connectivity index (χ2v) is 4.71. The van der Waals surface area contributed by atoms with Gasteiger partial charge in [0.1, 0.15) is 0 Å². The Kier molecular flexibility index (Phi) is 3.32. The molecule has 2 rings (SSSR count). The van der Waals surface area contributed by atoms with Gasteiger partial charge in [-0.2, -0.15) is 5.10 Å². The fraction of sp³-hybridized carbons (Fsp3) is 0.727. The largest absolute Gasteiger partial charge is 0.312 e. The van der Waals surface area contributed by atoms with Crippen molar-refractivity contribution in [2.45, 2.75) is 32.9 Å². The minimum Gasteiger partial charge on any atom is -0.312 e. The van der Waals surface area contributed by atoms with Gasteiger partial charge in [0.2, 0.25) is 0 Å². The van der Waals surface area contributed by atoms with Crippen LogP contribution in [-0.2, 0) is 13.1 Å². The molecule has 0 saturated heterocycles. The van der Waals surface area contributed by atoms with Crippen LogP contribution in [0.3, 0.4) is 0 Å². The minimum absolute atomic E-state index is 0.405. The van der Waals surface area contributed by atoms with Crippen LogP contribution in [0.4, 0.5) is 0 Å². The second kappa shape index (κ2) is 4.54. The van der Waals surface area contributed by atoms with E-state index in [1.165, 1.54) is 18.4 Å². The molecular formula is C11H18ClN3. The van der Waals surface area contributed by atoms with E-state index in [2.05, 4.69) is 23.5 Å². The molecule has 1 heterocycles. The van der Waals surface area contributed by atoms with E-state index >= 15 is 0 Å². The summed E-state index contributed by atoms with van der Waals surface area (Å²) in [4.78, 5) is 0. The summed E-state index contributed by atoms with van der Waals surface area (Å²) < 4.78 is 1.95. The van der Waals surface area contributed by atoms with Crippen molar-refractivity contribution in [3.63, 3.8) is 0 Å². The summed E-state index contributed by atoms with van der Waals surface area (Å²) >= 11 is 5.91. The van der Waals surface area contributed by atoms with Crippen LogP contribution in [0.25, 0.3) is 0 Å². The van der Waals surface area contributed by atoms with Crippen molar-refractivity contribution in [3.8, 4) is 0 Å². The number of rotatable bonds is 6. The first-order chi connectivity index (χ1) is 7.28. The molecule has 1 fully saturated rings. The van der Waals surface area contributed by atoms with Gasteiger partial charge in [-0.25, -0.2) is 0 Å². The molecule has 1 aromatic heterocycles. The summed E-state index contributed by atoms with van der Waals surface area (Å²) in [5, 5.41) is 7.69. The fourth-order valence-electron chi connectivity index (χ4n) is 1.68. The van der Waals surface area contributed by atoms with Gasteiger partial charge < -0.3 is 5.32 Å². The molecule has 0 amide bonds. The average Bonchev–Trinajstić information content (AvgIpc) is 2.89. The zero-order valence-electron chi connectivity index (χ0n) is 9.17. The lowest BCUT2D eigenvalue weighted by Gasteiger charge is -2.11. The van der Waals surface area contributed by atoms with Crippen LogP contribution in [0.1, 0.15) is 25.3 Å². The van der Waals surface area contributed by atoms with Gasteiger partial charge >= 0.3 is 0 Å². The lowest BCUT2D eigenvalue weighted by atomic mass is 10.1. The Morgan fingerprint density at radius 3 is 2.93 bits per heavy atom. The van der Waals surface area contributed by atoms with Gasteiger partial charge in [0.25, 0.3) is 0 Å². The molecule has 3 nitrogen and oxygen atoms in total. The summed E-state index contributed by atoms with van der Waals surface area (Å²) in [5.41, 5.74) is 1.66. The maximum Gasteiger partial charge on any atom is 0.0534 e. The van der Waals surface area contributed by atoms with Crippen molar-refractivity contribution in [3.05, 3.63) is 18.0 Å². The third-order valence-corrected chi connectivity index (χ3v) is 3.65. The van der Waals surface area contributed by atoms with Crippen molar-refractivity contribution in [1.82, 2.24) is 15.1 Å². The lowest BCUT2D eigenvalue weighted by molar-refractivity contribution is 0.504. The smallest absolute Gasteiger partial charge is 0.0534 e. The minimum atomic E-state index is 0.405. The molecule has 0 atom stereocenters. The molecule has 0 radical (unpaired) electrons. The van der Waals surface area contributed by atoms with Crippen molar-refractivity contribution < 1.29 is 0 Å². The zero-order valence-corrected chi connectivity index (χ0v) is 9.93. The van der Waals surface area contributed by atoms with E-state index in [9.17, 15) is 0 Å². The molecule has 4 heteroatoms. The van der Waals surface area contributed by atoms with E-state index in [-0.39, 0.29) is 0 Å². The Morgan fingerprint density at radius 1 is 1.60 bits per heavy atom. The van der Waals surface area contributed by atoms with Gasteiger partial charge in [0.05, 0.1) is 6.20 Å². The summed E-state index contributed by atoms with van der Waals surface area (Å²) in [5.74, 6) is 0.786. The van der Waals surface area contributed by atoms with Gasteiger partial charge in [0.15, 0.2) is 0 Å². The maximum absolute atomic E-state index is 5.91. The topological polar surface area (TPSA) is 29.9 Å². The van der Waals surface area contributed by atoms with Gasteiger partial charge in [-0.15, -0.1) is 11.6 Å². The van der Waals surface area contributed by atoms with Crippen LogP contribution in [0.2, 0.25) is 0 Å². The van der Waals surface area contributed by atoms with Crippen molar-refractivity contribution in [2.75, 3.05) is 12.4 Å². The molecule has 1 aliphatic carbocycles. The molecule has 84 valence electrons. The normalized spacial score (nSPS) is 18.0. The quantitative estimate of drug-likeness (QED) is 0.754. The highest BCUT2D eigenvalue weighted by Crippen LogP contribution is 2.45. The van der Waals surface area contributed by atoms with E-state index in [4.69, 9.17) is 11.6 Å². The summed E-state index contributed by atoms with van der Waals surface area (Å²) in [7, 11) is 0. The maximum atomic E-state index is 5.91. The highest BCUT2D eigenvalue weighted by Gasteiger charge is 2.41. The number of halogens is 1. The van der Waals surface area contributed by atoms with Crippen LogP contribution in [-0.4, -0.2) is 22.2 Å². The fourth-order valence-corrected chi connectivity index (χ4v) is 2.04. The Hall–Kier alpha value is -0.540. The Bertz CT molecular complexity index is 317. The predicted molar refractivity (Wildman–Crippen MR) is 62.0 cm³/mol. The lowest BCUT2D eigenvalue weighted by Crippen LogP contribution is -2.24. The van der Waals surface area contributed by atoms with Crippen molar-refractivity contribution in [2.24, 2.45) is 5.41 Å². The van der Waals surface area contributed by atoms with Gasteiger partial charge in [-0.3, -0.25) is 4.68 Å². The number of aromatic nitrogens is 2. The molecule has 0 aromatic carbocycles. The number of aryl methyl sites for hydroxylation is 1. The molecule has 0 spiro atoms. The van der Waals surface area contributed by atoms with E-state index < -0.39 is 0 Å². The highest BCUT2D eigenvalue weighted by molar-refractivity contribution is 6.18. The van der Waals surface area contributed by atoms with E-state index in [0.717, 1.165) is 25.5 Å². The van der Waals surface area contributed by atoms with Gasteiger partial charge in [-0.1, -0.05) is 0 Å². The predicted octanol–water partition coefficient (Wildman–Crippen LogP) is 2.01. The SMILES string of the molecule is CCn1cc(CNCC2(CCl)CC2)cn1. The number of nitrogens with zero attached hydrogens (tertiary/aromatic N) is 2. The molecule has 15 heavy (non-hydrogen) atoms. The first-order valence-corrected chi connectivity index (χ1v) is 6.09. The molecule has 1 saturated carbocycles. The van der Waals surface area contributed by atoms with E-state index in [0.29, 0.717) is 5.41 Å². The number of nitrogens with one attached hydrogen (secondary N) is 1. The molecule has 0 unspecified atom stereocenters. The first-order valence-electron chi connectivity index (χ1n) is 5.56. The van der Waals surface area contributed by atoms with Crippen molar-refractivity contribution in [1.29, 1.82) is 0 Å². The standard InChI is InChI=1S/C11H18ClN3/c1-2-15-7-10(6-14-15)5-13-9-11(8-12)3-4-11/h6-7,13H,2-5,8-9H2,1H3. The summed E-state index contributed by atoms with van der Waals surface area (Å²) in [6, 6.07) is 0. The summed E-state index contributed by atoms with van der Waals surface area (Å²) in [6.07, 6.45) is 6.57. The van der Waals surface area contributed by atoms with Crippen LogP contribution < -0.4 is 5.32 Å². The first kappa shape index (κ1) is 11.0. The Balaban J connectivity index is 1.73. The number of alkyl halides is 1. The Morgan fingerprint density at radius 2 is 2.40 bits per heavy atom. The third kappa shape index (κ3) is 2.73. The van der Waals surface area contributed by atoms with Crippen LogP contribution >= 0.6 is 11.6 Å². The molecule has 1 N–H and O–H groups in total. The molecule has 0 bridgehead atoms. The number of hydrogen-bond acceptors (Lipinski definition) is 2. The van der Waals surface area contributed by atoms with E-state index in [1.54, 1.807) is 0 Å². The molecule has 1 aliphatic rings. The molecular weight excluding hydrogens is 210 g/mol. The molecule has 1 aromatic rings. The van der Waals surface area contributed by atoms with Crippen LogP contribution in [0.15, 0.2) is 12.4 Å². The van der Waals surface area contributed by atoms with Crippen LogP contribution in [0, 0.1) is 5.41 Å². The number of hydrogen-bond donors (Lipinski definition) is 1. The third-order valence-electron chi connectivity index (χ3n) is 3.08. The van der Waals surface area contributed by atoms with Gasteiger partial charge in [0, 0.05) is 37.3 Å². The van der Waals surface area contributed by atoms with Crippen molar-refractivity contribution >= 4 is 11.6 Å². The van der Waals surface area contributed by atoms with Crippen LogP contribution in [0.5, 0.6) is 0 Å². The zero-order chi connectivity index (χ0) is 10.7. The second-order valence-electron chi connectivity index (χ2n) is 4.44. The Labute approximate surface area is 95.8 Å².